The molecule has 1 fully saturated rings. The fourth-order valence-electron chi connectivity index (χ4n) is 2.80. The van der Waals surface area contributed by atoms with Gasteiger partial charge in [-0.2, -0.15) is 9.29 Å². The molecule has 0 aliphatic carbocycles. The zero-order chi connectivity index (χ0) is 17.3. The Hall–Kier alpha value is -1.74. The van der Waals surface area contributed by atoms with Crippen molar-refractivity contribution in [3.63, 3.8) is 0 Å². The lowest BCUT2D eigenvalue weighted by atomic mass is 10.00. The van der Waals surface area contributed by atoms with E-state index in [9.17, 15) is 8.42 Å². The quantitative estimate of drug-likeness (QED) is 0.882. The number of rotatable bonds is 5. The summed E-state index contributed by atoms with van der Waals surface area (Å²) in [5.74, 6) is 1.97. The largest absolute Gasteiger partial charge is 0.339 e. The average Bonchev–Trinajstić information content (AvgIpc) is 3.24. The van der Waals surface area contributed by atoms with Gasteiger partial charge >= 0.3 is 0 Å². The Morgan fingerprint density at radius 3 is 2.88 bits per heavy atom. The molecule has 9 heteroatoms. The molecule has 0 spiro atoms. The molecule has 3 rings (SSSR count). The lowest BCUT2D eigenvalue weighted by molar-refractivity contribution is 0.264. The molecule has 2 aromatic heterocycles. The number of piperidine rings is 1. The highest BCUT2D eigenvalue weighted by Gasteiger charge is 2.34. The second kappa shape index (κ2) is 6.64. The Morgan fingerprint density at radius 1 is 1.46 bits per heavy atom. The Balaban J connectivity index is 1.79. The van der Waals surface area contributed by atoms with Gasteiger partial charge in [0.1, 0.15) is 5.82 Å². The summed E-state index contributed by atoms with van der Waals surface area (Å²) in [6.45, 7) is 6.76. The van der Waals surface area contributed by atoms with Crippen molar-refractivity contribution in [3.05, 3.63) is 23.7 Å². The molecule has 1 atom stereocenters. The van der Waals surface area contributed by atoms with Crippen LogP contribution in [0.5, 0.6) is 0 Å². The highest BCUT2D eigenvalue weighted by Crippen LogP contribution is 2.29. The van der Waals surface area contributed by atoms with Crippen molar-refractivity contribution >= 4 is 10.0 Å². The van der Waals surface area contributed by atoms with E-state index >= 15 is 0 Å². The highest BCUT2D eigenvalue weighted by molar-refractivity contribution is 7.89. The fourth-order valence-corrected chi connectivity index (χ4v) is 4.26. The smallest absolute Gasteiger partial charge is 0.260 e. The fraction of sp³-hybridized carbons (Fsp3) is 0.667. The Kier molecular flexibility index (Phi) is 4.73. The Morgan fingerprint density at radius 2 is 2.25 bits per heavy atom. The van der Waals surface area contributed by atoms with Gasteiger partial charge in [0.15, 0.2) is 10.9 Å². The molecule has 1 saturated heterocycles. The van der Waals surface area contributed by atoms with Crippen molar-refractivity contribution < 1.29 is 12.9 Å². The van der Waals surface area contributed by atoms with Gasteiger partial charge in [-0.3, -0.25) is 0 Å². The molecule has 0 aromatic carbocycles. The van der Waals surface area contributed by atoms with Gasteiger partial charge in [-0.15, -0.1) is 0 Å². The highest BCUT2D eigenvalue weighted by atomic mass is 32.2. The van der Waals surface area contributed by atoms with E-state index in [0.29, 0.717) is 37.0 Å². The minimum atomic E-state index is -3.58. The minimum Gasteiger partial charge on any atom is -0.339 e. The number of aromatic nitrogens is 4. The molecule has 1 aliphatic rings. The number of imidazole rings is 1. The van der Waals surface area contributed by atoms with Crippen LogP contribution in [0.2, 0.25) is 0 Å². The van der Waals surface area contributed by atoms with E-state index in [1.165, 1.54) is 10.5 Å². The van der Waals surface area contributed by atoms with Gasteiger partial charge in [-0.25, -0.2) is 13.4 Å². The maximum absolute atomic E-state index is 12.8. The number of aryl methyl sites for hydroxylation is 1. The molecule has 0 saturated carbocycles. The van der Waals surface area contributed by atoms with Gasteiger partial charge in [0.05, 0.1) is 12.1 Å². The van der Waals surface area contributed by atoms with E-state index in [1.807, 2.05) is 20.8 Å². The molecule has 3 heterocycles. The van der Waals surface area contributed by atoms with Crippen LogP contribution in [0.1, 0.15) is 63.0 Å². The normalized spacial score (nSPS) is 19.9. The van der Waals surface area contributed by atoms with Crippen LogP contribution in [0, 0.1) is 0 Å². The number of aromatic amines is 1. The molecule has 2 aromatic rings. The third-order valence-electron chi connectivity index (χ3n) is 4.27. The van der Waals surface area contributed by atoms with Gasteiger partial charge < -0.3 is 9.51 Å². The summed E-state index contributed by atoms with van der Waals surface area (Å²) in [6.07, 6.45) is 3.66. The number of nitrogens with one attached hydrogen (secondary N) is 1. The molecule has 0 unspecified atom stereocenters. The first-order valence-electron chi connectivity index (χ1n) is 8.29. The summed E-state index contributed by atoms with van der Waals surface area (Å²) in [5, 5.41) is 4.13. The topological polar surface area (TPSA) is 105 Å². The molecule has 0 radical (unpaired) electrons. The van der Waals surface area contributed by atoms with Crippen LogP contribution in [-0.4, -0.2) is 45.9 Å². The molecule has 24 heavy (non-hydrogen) atoms. The first-order valence-corrected chi connectivity index (χ1v) is 9.73. The van der Waals surface area contributed by atoms with Crippen LogP contribution in [-0.2, 0) is 16.4 Å². The number of hydrogen-bond donors (Lipinski definition) is 1. The Bertz CT molecular complexity index is 796. The van der Waals surface area contributed by atoms with E-state index in [0.717, 1.165) is 12.8 Å². The van der Waals surface area contributed by atoms with E-state index in [4.69, 9.17) is 4.52 Å². The molecule has 1 aliphatic heterocycles. The van der Waals surface area contributed by atoms with Crippen molar-refractivity contribution in [2.45, 2.75) is 56.9 Å². The number of hydrogen-bond acceptors (Lipinski definition) is 6. The first-order chi connectivity index (χ1) is 11.4. The molecule has 132 valence electrons. The predicted octanol–water partition coefficient (Wildman–Crippen LogP) is 2.05. The molecular formula is C15H23N5O3S. The summed E-state index contributed by atoms with van der Waals surface area (Å²) >= 11 is 0. The standard InChI is InChI=1S/C15H23N5O3S/c1-4-12-16-8-13(17-12)24(21,22)20-7-5-6-11(9-20)15-18-14(10(2)3)19-23-15/h8,10-11H,4-7,9H2,1-3H3,(H,16,17)/t11-/m0/s1. The van der Waals surface area contributed by atoms with Crippen LogP contribution in [0.15, 0.2) is 15.7 Å². The zero-order valence-electron chi connectivity index (χ0n) is 14.2. The summed E-state index contributed by atoms with van der Waals surface area (Å²) in [6, 6.07) is 0. The summed E-state index contributed by atoms with van der Waals surface area (Å²) in [5.41, 5.74) is 0. The number of H-pyrrole nitrogens is 1. The van der Waals surface area contributed by atoms with Gasteiger partial charge in [-0.05, 0) is 12.8 Å². The van der Waals surface area contributed by atoms with Gasteiger partial charge in [0.2, 0.25) is 5.89 Å². The second-order valence-electron chi connectivity index (χ2n) is 6.40. The third-order valence-corrected chi connectivity index (χ3v) is 6.04. The molecule has 0 bridgehead atoms. The van der Waals surface area contributed by atoms with Crippen LogP contribution in [0.4, 0.5) is 0 Å². The molecule has 1 N–H and O–H groups in total. The van der Waals surface area contributed by atoms with Gasteiger partial charge in [-0.1, -0.05) is 25.9 Å². The summed E-state index contributed by atoms with van der Waals surface area (Å²) < 4.78 is 32.4. The first kappa shape index (κ1) is 17.1. The number of sulfonamides is 1. The van der Waals surface area contributed by atoms with Gasteiger partial charge in [0, 0.05) is 25.4 Å². The summed E-state index contributed by atoms with van der Waals surface area (Å²) in [7, 11) is -3.58. The van der Waals surface area contributed by atoms with E-state index < -0.39 is 10.0 Å². The van der Waals surface area contributed by atoms with Crippen molar-refractivity contribution in [1.29, 1.82) is 0 Å². The molecular weight excluding hydrogens is 330 g/mol. The van der Waals surface area contributed by atoms with Crippen LogP contribution >= 0.6 is 0 Å². The van der Waals surface area contributed by atoms with Crippen LogP contribution in [0.25, 0.3) is 0 Å². The van der Waals surface area contributed by atoms with Crippen LogP contribution < -0.4 is 0 Å². The van der Waals surface area contributed by atoms with Crippen LogP contribution in [0.3, 0.4) is 0 Å². The summed E-state index contributed by atoms with van der Waals surface area (Å²) in [4.78, 5) is 11.4. The maximum Gasteiger partial charge on any atom is 0.260 e. The maximum atomic E-state index is 12.8. The number of nitrogens with zero attached hydrogens (tertiary/aromatic N) is 4. The van der Waals surface area contributed by atoms with Crippen molar-refractivity contribution in [1.82, 2.24) is 24.4 Å². The van der Waals surface area contributed by atoms with E-state index in [2.05, 4.69) is 20.1 Å². The van der Waals surface area contributed by atoms with E-state index in [1.54, 1.807) is 0 Å². The second-order valence-corrected chi connectivity index (χ2v) is 8.30. The van der Waals surface area contributed by atoms with Crippen molar-refractivity contribution in [2.75, 3.05) is 13.1 Å². The lowest BCUT2D eigenvalue weighted by Gasteiger charge is -2.29. The van der Waals surface area contributed by atoms with E-state index in [-0.39, 0.29) is 16.9 Å². The minimum absolute atomic E-state index is 0.0675. The van der Waals surface area contributed by atoms with Crippen molar-refractivity contribution in [3.8, 4) is 0 Å². The molecule has 0 amide bonds. The molecule has 8 nitrogen and oxygen atoms in total. The van der Waals surface area contributed by atoms with Crippen molar-refractivity contribution in [2.24, 2.45) is 0 Å². The Labute approximate surface area is 141 Å². The monoisotopic (exact) mass is 353 g/mol. The third kappa shape index (κ3) is 3.23. The predicted molar refractivity (Wildman–Crippen MR) is 87.1 cm³/mol. The SMILES string of the molecule is CCc1ncc(S(=O)(=O)N2CCC[C@H](c3nc(C(C)C)no3)C2)[nH]1. The average molecular weight is 353 g/mol. The van der Waals surface area contributed by atoms with Gasteiger partial charge in [0.25, 0.3) is 10.0 Å². The zero-order valence-corrected chi connectivity index (χ0v) is 15.0. The lowest BCUT2D eigenvalue weighted by Crippen LogP contribution is -2.39.